The SMILES string of the molecule is CN=C(NCc1ccc(S(=O)(=O)N(C)C)s1)N(C)CCOc1ccccc1.I. The Morgan fingerprint density at radius 3 is 2.43 bits per heavy atom. The zero-order valence-electron chi connectivity index (χ0n) is 16.5. The first-order valence-corrected chi connectivity index (χ1v) is 10.7. The molecule has 0 unspecified atom stereocenters. The standard InChI is InChI=1S/C18H26N4O3S2.HI/c1-19-18(22(4)12-13-25-15-8-6-5-7-9-15)20-14-16-10-11-17(26-16)27(23,24)21(2)3;/h5-11H,12-14H2,1-4H3,(H,19,20);1H. The van der Waals surface area contributed by atoms with Gasteiger partial charge in [-0.05, 0) is 24.3 Å². The van der Waals surface area contributed by atoms with Gasteiger partial charge in [0, 0.05) is 33.1 Å². The zero-order valence-corrected chi connectivity index (χ0v) is 20.4. The summed E-state index contributed by atoms with van der Waals surface area (Å²) in [7, 11) is 3.32. The summed E-state index contributed by atoms with van der Waals surface area (Å²) in [5, 5.41) is 3.25. The smallest absolute Gasteiger partial charge is 0.252 e. The minimum atomic E-state index is -3.39. The van der Waals surface area contributed by atoms with Crippen LogP contribution >= 0.6 is 35.3 Å². The van der Waals surface area contributed by atoms with Gasteiger partial charge in [0.15, 0.2) is 5.96 Å². The number of halogens is 1. The molecule has 0 spiro atoms. The Labute approximate surface area is 188 Å². The fourth-order valence-corrected chi connectivity index (χ4v) is 4.71. The number of sulfonamides is 1. The normalized spacial score (nSPS) is 11.8. The highest BCUT2D eigenvalue weighted by Crippen LogP contribution is 2.23. The van der Waals surface area contributed by atoms with Gasteiger partial charge in [-0.2, -0.15) is 0 Å². The Hall–Kier alpha value is -1.37. The fourth-order valence-electron chi connectivity index (χ4n) is 2.25. The summed E-state index contributed by atoms with van der Waals surface area (Å²) in [6.07, 6.45) is 0. The van der Waals surface area contributed by atoms with Gasteiger partial charge in [0.25, 0.3) is 10.0 Å². The lowest BCUT2D eigenvalue weighted by Gasteiger charge is -2.22. The van der Waals surface area contributed by atoms with Crippen molar-refractivity contribution in [3.8, 4) is 5.75 Å². The van der Waals surface area contributed by atoms with Gasteiger partial charge < -0.3 is 15.0 Å². The number of nitrogens with zero attached hydrogens (tertiary/aromatic N) is 3. The van der Waals surface area contributed by atoms with E-state index in [1.165, 1.54) is 29.7 Å². The first-order chi connectivity index (χ1) is 12.8. The third-order valence-electron chi connectivity index (χ3n) is 3.80. The maximum atomic E-state index is 12.2. The Kier molecular flexibility index (Phi) is 10.2. The van der Waals surface area contributed by atoms with Crippen LogP contribution in [0.15, 0.2) is 51.7 Å². The van der Waals surface area contributed by atoms with Crippen molar-refractivity contribution in [3.05, 3.63) is 47.3 Å². The lowest BCUT2D eigenvalue weighted by atomic mass is 10.3. The van der Waals surface area contributed by atoms with Crippen LogP contribution in [0.25, 0.3) is 0 Å². The number of ether oxygens (including phenoxy) is 1. The number of aliphatic imine (C=N–C) groups is 1. The number of hydrogen-bond acceptors (Lipinski definition) is 5. The predicted octanol–water partition coefficient (Wildman–Crippen LogP) is 2.70. The first kappa shape index (κ1) is 24.7. The molecule has 0 aliphatic carbocycles. The van der Waals surface area contributed by atoms with Gasteiger partial charge in [0.2, 0.25) is 0 Å². The summed E-state index contributed by atoms with van der Waals surface area (Å²) in [4.78, 5) is 7.15. The average Bonchev–Trinajstić information content (AvgIpc) is 3.13. The Bertz CT molecular complexity index is 855. The van der Waals surface area contributed by atoms with E-state index in [1.807, 2.05) is 48.3 Å². The van der Waals surface area contributed by atoms with Crippen molar-refractivity contribution in [2.24, 2.45) is 4.99 Å². The Morgan fingerprint density at radius 2 is 1.82 bits per heavy atom. The van der Waals surface area contributed by atoms with Crippen molar-refractivity contribution in [1.82, 2.24) is 14.5 Å². The predicted molar refractivity (Wildman–Crippen MR) is 125 cm³/mol. The number of benzene rings is 1. The Morgan fingerprint density at radius 1 is 1.14 bits per heavy atom. The minimum Gasteiger partial charge on any atom is -0.492 e. The molecule has 2 aromatic rings. The molecular formula is C18H27IN4O3S2. The molecule has 7 nitrogen and oxygen atoms in total. The van der Waals surface area contributed by atoms with Gasteiger partial charge in [0.1, 0.15) is 16.6 Å². The van der Waals surface area contributed by atoms with Crippen molar-refractivity contribution in [2.45, 2.75) is 10.8 Å². The van der Waals surface area contributed by atoms with Crippen LogP contribution in [0.3, 0.4) is 0 Å². The maximum Gasteiger partial charge on any atom is 0.252 e. The van der Waals surface area contributed by atoms with Crippen LogP contribution < -0.4 is 10.1 Å². The molecule has 28 heavy (non-hydrogen) atoms. The summed E-state index contributed by atoms with van der Waals surface area (Å²) in [5.74, 6) is 1.55. The van der Waals surface area contributed by atoms with E-state index < -0.39 is 10.0 Å². The minimum absolute atomic E-state index is 0. The van der Waals surface area contributed by atoms with E-state index in [1.54, 1.807) is 13.1 Å². The van der Waals surface area contributed by atoms with Crippen LogP contribution in [0.4, 0.5) is 0 Å². The molecule has 0 atom stereocenters. The first-order valence-electron chi connectivity index (χ1n) is 8.45. The largest absolute Gasteiger partial charge is 0.492 e. The number of hydrogen-bond donors (Lipinski definition) is 1. The maximum absolute atomic E-state index is 12.2. The van der Waals surface area contributed by atoms with Crippen LogP contribution in [-0.4, -0.2) is 64.9 Å². The van der Waals surface area contributed by atoms with Crippen molar-refractivity contribution in [3.63, 3.8) is 0 Å². The van der Waals surface area contributed by atoms with Crippen LogP contribution in [0.1, 0.15) is 4.88 Å². The average molecular weight is 538 g/mol. The van der Waals surface area contributed by atoms with Crippen molar-refractivity contribution < 1.29 is 13.2 Å². The molecule has 0 aliphatic heterocycles. The number of guanidine groups is 1. The molecule has 1 heterocycles. The van der Waals surface area contributed by atoms with Gasteiger partial charge in [-0.3, -0.25) is 4.99 Å². The molecule has 0 aliphatic rings. The highest BCUT2D eigenvalue weighted by Gasteiger charge is 2.19. The summed E-state index contributed by atoms with van der Waals surface area (Å²) in [6, 6.07) is 13.1. The van der Waals surface area contributed by atoms with E-state index in [4.69, 9.17) is 4.74 Å². The number of thiophene rings is 1. The van der Waals surface area contributed by atoms with E-state index in [-0.39, 0.29) is 24.0 Å². The lowest BCUT2D eigenvalue weighted by Crippen LogP contribution is -2.40. The van der Waals surface area contributed by atoms with Gasteiger partial charge in [-0.15, -0.1) is 35.3 Å². The van der Waals surface area contributed by atoms with Crippen LogP contribution in [0.2, 0.25) is 0 Å². The van der Waals surface area contributed by atoms with E-state index >= 15 is 0 Å². The van der Waals surface area contributed by atoms with E-state index in [0.717, 1.165) is 16.6 Å². The third-order valence-corrected chi connectivity index (χ3v) is 7.17. The molecule has 1 aromatic heterocycles. The van der Waals surface area contributed by atoms with E-state index in [9.17, 15) is 8.42 Å². The molecule has 1 aromatic carbocycles. The topological polar surface area (TPSA) is 74.2 Å². The monoisotopic (exact) mass is 538 g/mol. The van der Waals surface area contributed by atoms with E-state index in [2.05, 4.69) is 10.3 Å². The molecule has 0 radical (unpaired) electrons. The molecular weight excluding hydrogens is 511 g/mol. The molecule has 10 heteroatoms. The second-order valence-corrected chi connectivity index (χ2v) is 9.54. The van der Waals surface area contributed by atoms with E-state index in [0.29, 0.717) is 23.9 Å². The molecule has 2 rings (SSSR count). The highest BCUT2D eigenvalue weighted by atomic mass is 127. The molecule has 156 valence electrons. The summed E-state index contributed by atoms with van der Waals surface area (Å²) >= 11 is 1.26. The lowest BCUT2D eigenvalue weighted by molar-refractivity contribution is 0.281. The number of nitrogens with one attached hydrogen (secondary N) is 1. The van der Waals surface area contributed by atoms with Crippen molar-refractivity contribution in [2.75, 3.05) is 41.3 Å². The summed E-state index contributed by atoms with van der Waals surface area (Å²) < 4.78 is 31.6. The fraction of sp³-hybridized carbons (Fsp3) is 0.389. The molecule has 1 N–H and O–H groups in total. The molecule has 0 fully saturated rings. The summed E-state index contributed by atoms with van der Waals surface area (Å²) in [6.45, 7) is 1.70. The molecule has 0 saturated heterocycles. The third kappa shape index (κ3) is 6.90. The molecule has 0 amide bonds. The summed E-state index contributed by atoms with van der Waals surface area (Å²) in [5.41, 5.74) is 0. The zero-order chi connectivity index (χ0) is 19.9. The molecule has 0 bridgehead atoms. The number of rotatable bonds is 8. The van der Waals surface area contributed by atoms with Crippen LogP contribution in [0.5, 0.6) is 5.75 Å². The van der Waals surface area contributed by atoms with Gasteiger partial charge >= 0.3 is 0 Å². The van der Waals surface area contributed by atoms with Gasteiger partial charge in [-0.25, -0.2) is 12.7 Å². The van der Waals surface area contributed by atoms with Crippen LogP contribution in [-0.2, 0) is 16.6 Å². The highest BCUT2D eigenvalue weighted by molar-refractivity contribution is 14.0. The Balaban J connectivity index is 0.00000392. The van der Waals surface area contributed by atoms with Gasteiger partial charge in [0.05, 0.1) is 13.1 Å². The van der Waals surface area contributed by atoms with Crippen molar-refractivity contribution in [1.29, 1.82) is 0 Å². The quantitative estimate of drug-likeness (QED) is 0.318. The van der Waals surface area contributed by atoms with Gasteiger partial charge in [-0.1, -0.05) is 18.2 Å². The number of para-hydroxylation sites is 1. The second kappa shape index (κ2) is 11.6. The van der Waals surface area contributed by atoms with Crippen LogP contribution in [0, 0.1) is 0 Å². The molecule has 0 saturated carbocycles. The second-order valence-electron chi connectivity index (χ2n) is 5.99. The van der Waals surface area contributed by atoms with Crippen molar-refractivity contribution >= 4 is 51.3 Å². The number of likely N-dealkylation sites (N-methyl/N-ethyl adjacent to an activating group) is 1.